The van der Waals surface area contributed by atoms with Crippen LogP contribution in [0.2, 0.25) is 0 Å². The van der Waals surface area contributed by atoms with Crippen LogP contribution < -0.4 is 5.32 Å². The second-order valence-electron chi connectivity index (χ2n) is 5.94. The molecule has 0 heterocycles. The predicted molar refractivity (Wildman–Crippen MR) is 86.3 cm³/mol. The van der Waals surface area contributed by atoms with Crippen molar-refractivity contribution in [3.8, 4) is 0 Å². The van der Waals surface area contributed by atoms with E-state index in [4.69, 9.17) is 0 Å². The normalized spacial score (nSPS) is 18.2. The molecule has 1 aliphatic rings. The van der Waals surface area contributed by atoms with Crippen molar-refractivity contribution in [1.29, 1.82) is 0 Å². The Morgan fingerprint density at radius 2 is 1.80 bits per heavy atom. The fourth-order valence-corrected chi connectivity index (χ4v) is 3.10. The highest BCUT2D eigenvalue weighted by Crippen LogP contribution is 2.31. The van der Waals surface area contributed by atoms with E-state index in [2.05, 4.69) is 61.6 Å². The van der Waals surface area contributed by atoms with Crippen LogP contribution in [0.1, 0.15) is 47.6 Å². The molecule has 0 amide bonds. The molecule has 0 aliphatic heterocycles. The third kappa shape index (κ3) is 2.72. The van der Waals surface area contributed by atoms with E-state index in [-0.39, 0.29) is 0 Å². The van der Waals surface area contributed by atoms with Gasteiger partial charge in [0.15, 0.2) is 0 Å². The molecule has 3 rings (SSSR count). The molecule has 104 valence electrons. The van der Waals surface area contributed by atoms with Crippen LogP contribution in [0.25, 0.3) is 0 Å². The summed E-state index contributed by atoms with van der Waals surface area (Å²) < 4.78 is 0. The van der Waals surface area contributed by atoms with Gasteiger partial charge in [0.1, 0.15) is 0 Å². The summed E-state index contributed by atoms with van der Waals surface area (Å²) in [5.74, 6) is 0. The van der Waals surface area contributed by atoms with Crippen molar-refractivity contribution in [1.82, 2.24) is 0 Å². The Kier molecular flexibility index (Phi) is 3.77. The lowest BCUT2D eigenvalue weighted by Gasteiger charge is -2.21. The quantitative estimate of drug-likeness (QED) is 0.737. The zero-order chi connectivity index (χ0) is 13.9. The van der Waals surface area contributed by atoms with E-state index in [1.807, 2.05) is 0 Å². The summed E-state index contributed by atoms with van der Waals surface area (Å²) in [6.07, 6.45) is 5.06. The van der Waals surface area contributed by atoms with Crippen molar-refractivity contribution in [2.45, 2.75) is 45.6 Å². The van der Waals surface area contributed by atoms with Crippen molar-refractivity contribution >= 4 is 5.69 Å². The van der Waals surface area contributed by atoms with Crippen LogP contribution >= 0.6 is 0 Å². The molecule has 0 bridgehead atoms. The Balaban J connectivity index is 1.88. The Bertz CT molecular complexity index is 600. The summed E-state index contributed by atoms with van der Waals surface area (Å²) in [7, 11) is 0. The van der Waals surface area contributed by atoms with Gasteiger partial charge in [0, 0.05) is 5.69 Å². The molecule has 2 aromatic carbocycles. The Labute approximate surface area is 122 Å². The van der Waals surface area contributed by atoms with Gasteiger partial charge in [0.25, 0.3) is 0 Å². The SMILES string of the molecule is Cc1ccc(NC2CCCCc3ccccc32)cc1C. The first-order valence-electron chi connectivity index (χ1n) is 7.65. The lowest BCUT2D eigenvalue weighted by atomic mass is 9.98. The minimum atomic E-state index is 0.454. The molecule has 0 aromatic heterocycles. The van der Waals surface area contributed by atoms with E-state index in [1.165, 1.54) is 53.6 Å². The van der Waals surface area contributed by atoms with Gasteiger partial charge in [-0.05, 0) is 67.5 Å². The van der Waals surface area contributed by atoms with Gasteiger partial charge in [0.05, 0.1) is 6.04 Å². The van der Waals surface area contributed by atoms with Crippen molar-refractivity contribution in [2.75, 3.05) is 5.32 Å². The standard InChI is InChI=1S/C19H23N/c1-14-11-12-17(13-15(14)2)20-19-10-6-4-8-16-7-3-5-9-18(16)19/h3,5,7,9,11-13,19-20H,4,6,8,10H2,1-2H3. The first kappa shape index (κ1) is 13.2. The van der Waals surface area contributed by atoms with Crippen LogP contribution in [-0.2, 0) is 6.42 Å². The number of hydrogen-bond acceptors (Lipinski definition) is 1. The van der Waals surface area contributed by atoms with E-state index in [9.17, 15) is 0 Å². The molecule has 1 unspecified atom stereocenters. The lowest BCUT2D eigenvalue weighted by molar-refractivity contribution is 0.644. The van der Waals surface area contributed by atoms with Crippen molar-refractivity contribution < 1.29 is 0 Å². The number of hydrogen-bond donors (Lipinski definition) is 1. The van der Waals surface area contributed by atoms with E-state index < -0.39 is 0 Å². The maximum Gasteiger partial charge on any atom is 0.0516 e. The molecule has 1 nitrogen and oxygen atoms in total. The van der Waals surface area contributed by atoms with Gasteiger partial charge in [-0.1, -0.05) is 36.8 Å². The van der Waals surface area contributed by atoms with Gasteiger partial charge in [-0.2, -0.15) is 0 Å². The average Bonchev–Trinajstić information content (AvgIpc) is 2.66. The molecule has 1 aliphatic carbocycles. The second-order valence-corrected chi connectivity index (χ2v) is 5.94. The van der Waals surface area contributed by atoms with Gasteiger partial charge in [0.2, 0.25) is 0 Å². The monoisotopic (exact) mass is 265 g/mol. The van der Waals surface area contributed by atoms with Crippen LogP contribution in [0.5, 0.6) is 0 Å². The maximum atomic E-state index is 3.75. The molecule has 0 saturated carbocycles. The molecule has 1 N–H and O–H groups in total. The van der Waals surface area contributed by atoms with Crippen molar-refractivity contribution in [3.05, 3.63) is 64.7 Å². The van der Waals surface area contributed by atoms with Crippen LogP contribution in [0.4, 0.5) is 5.69 Å². The topological polar surface area (TPSA) is 12.0 Å². The maximum absolute atomic E-state index is 3.75. The third-order valence-electron chi connectivity index (χ3n) is 4.47. The summed E-state index contributed by atoms with van der Waals surface area (Å²) in [6.45, 7) is 4.35. The van der Waals surface area contributed by atoms with Crippen molar-refractivity contribution in [2.24, 2.45) is 0 Å². The molecular weight excluding hydrogens is 242 g/mol. The largest absolute Gasteiger partial charge is 0.378 e. The van der Waals surface area contributed by atoms with Crippen LogP contribution in [0.15, 0.2) is 42.5 Å². The van der Waals surface area contributed by atoms with Crippen LogP contribution in [0, 0.1) is 13.8 Å². The van der Waals surface area contributed by atoms with Crippen LogP contribution in [0.3, 0.4) is 0 Å². The van der Waals surface area contributed by atoms with Crippen molar-refractivity contribution in [3.63, 3.8) is 0 Å². The summed E-state index contributed by atoms with van der Waals surface area (Å²) in [5, 5.41) is 3.75. The molecule has 1 heteroatoms. The lowest BCUT2D eigenvalue weighted by Crippen LogP contribution is -2.11. The minimum Gasteiger partial charge on any atom is -0.378 e. The fourth-order valence-electron chi connectivity index (χ4n) is 3.10. The van der Waals surface area contributed by atoms with Gasteiger partial charge < -0.3 is 5.32 Å². The number of aryl methyl sites for hydroxylation is 3. The zero-order valence-electron chi connectivity index (χ0n) is 12.4. The number of nitrogens with one attached hydrogen (secondary N) is 1. The molecular formula is C19H23N. The molecule has 0 fully saturated rings. The molecule has 2 aromatic rings. The van der Waals surface area contributed by atoms with Gasteiger partial charge in [-0.25, -0.2) is 0 Å². The Morgan fingerprint density at radius 1 is 0.950 bits per heavy atom. The first-order chi connectivity index (χ1) is 9.74. The summed E-state index contributed by atoms with van der Waals surface area (Å²) in [6, 6.07) is 16.0. The number of anilines is 1. The third-order valence-corrected chi connectivity index (χ3v) is 4.47. The molecule has 0 radical (unpaired) electrons. The van der Waals surface area contributed by atoms with Gasteiger partial charge in [-0.15, -0.1) is 0 Å². The van der Waals surface area contributed by atoms with Gasteiger partial charge in [-0.3, -0.25) is 0 Å². The molecule has 20 heavy (non-hydrogen) atoms. The fraction of sp³-hybridized carbons (Fsp3) is 0.368. The molecule has 0 spiro atoms. The van der Waals surface area contributed by atoms with E-state index in [0.29, 0.717) is 6.04 Å². The minimum absolute atomic E-state index is 0.454. The van der Waals surface area contributed by atoms with E-state index in [1.54, 1.807) is 0 Å². The highest BCUT2D eigenvalue weighted by Gasteiger charge is 2.18. The van der Waals surface area contributed by atoms with Gasteiger partial charge >= 0.3 is 0 Å². The highest BCUT2D eigenvalue weighted by molar-refractivity contribution is 5.50. The second kappa shape index (κ2) is 5.70. The highest BCUT2D eigenvalue weighted by atomic mass is 14.9. The number of benzene rings is 2. The zero-order valence-corrected chi connectivity index (χ0v) is 12.4. The van der Waals surface area contributed by atoms with E-state index >= 15 is 0 Å². The Hall–Kier alpha value is -1.76. The predicted octanol–water partition coefficient (Wildman–Crippen LogP) is 5.18. The van der Waals surface area contributed by atoms with E-state index in [0.717, 1.165) is 0 Å². The first-order valence-corrected chi connectivity index (χ1v) is 7.65. The smallest absolute Gasteiger partial charge is 0.0516 e. The summed E-state index contributed by atoms with van der Waals surface area (Å²) >= 11 is 0. The summed E-state index contributed by atoms with van der Waals surface area (Å²) in [4.78, 5) is 0. The molecule has 1 atom stereocenters. The molecule has 0 saturated heterocycles. The average molecular weight is 265 g/mol. The number of fused-ring (bicyclic) bond motifs is 1. The van der Waals surface area contributed by atoms with Crippen LogP contribution in [-0.4, -0.2) is 0 Å². The number of rotatable bonds is 2. The Morgan fingerprint density at radius 3 is 2.65 bits per heavy atom. The summed E-state index contributed by atoms with van der Waals surface area (Å²) in [5.41, 5.74) is 6.97.